The Hall–Kier alpha value is -2.19. The van der Waals surface area contributed by atoms with Crippen molar-refractivity contribution in [1.29, 1.82) is 0 Å². The van der Waals surface area contributed by atoms with Crippen LogP contribution in [0.5, 0.6) is 0 Å². The van der Waals surface area contributed by atoms with Crippen LogP contribution < -0.4 is 5.73 Å². The predicted octanol–water partition coefficient (Wildman–Crippen LogP) is 3.36. The van der Waals surface area contributed by atoms with E-state index in [1.807, 2.05) is 12.3 Å². The number of nitrogens with two attached hydrogens (primary N) is 1. The van der Waals surface area contributed by atoms with Crippen molar-refractivity contribution in [2.75, 3.05) is 0 Å². The van der Waals surface area contributed by atoms with Crippen LogP contribution >= 0.6 is 0 Å². The largest absolute Gasteiger partial charge is 0.326 e. The third-order valence-electron chi connectivity index (χ3n) is 3.13. The number of rotatable bonds is 2. The third kappa shape index (κ3) is 1.87. The lowest BCUT2D eigenvalue weighted by Crippen LogP contribution is -1.95. The lowest BCUT2D eigenvalue weighted by atomic mass is 10.0. The number of para-hydroxylation sites is 1. The van der Waals surface area contributed by atoms with Gasteiger partial charge >= 0.3 is 0 Å². The van der Waals surface area contributed by atoms with E-state index in [9.17, 15) is 0 Å². The molecule has 0 spiro atoms. The summed E-state index contributed by atoms with van der Waals surface area (Å²) in [5.74, 6) is 0. The molecular formula is C16H14N2. The highest BCUT2D eigenvalue weighted by atomic mass is 14.6. The Labute approximate surface area is 106 Å². The molecule has 2 aromatic carbocycles. The molecule has 0 radical (unpaired) electrons. The first kappa shape index (κ1) is 10.9. The molecule has 0 saturated heterocycles. The molecule has 3 rings (SSSR count). The summed E-state index contributed by atoms with van der Waals surface area (Å²) in [4.78, 5) is 4.48. The van der Waals surface area contributed by atoms with Crippen molar-refractivity contribution >= 4 is 10.9 Å². The molecule has 0 amide bonds. The Bertz CT molecular complexity index is 667. The Morgan fingerprint density at radius 1 is 0.889 bits per heavy atom. The topological polar surface area (TPSA) is 38.9 Å². The second kappa shape index (κ2) is 4.59. The zero-order chi connectivity index (χ0) is 12.4. The Kier molecular flexibility index (Phi) is 2.79. The summed E-state index contributed by atoms with van der Waals surface area (Å²) < 4.78 is 0. The highest BCUT2D eigenvalue weighted by molar-refractivity contribution is 5.93. The van der Waals surface area contributed by atoms with E-state index in [2.05, 4.69) is 53.5 Å². The minimum absolute atomic E-state index is 0.577. The molecular weight excluding hydrogens is 220 g/mol. The molecule has 88 valence electrons. The zero-order valence-electron chi connectivity index (χ0n) is 10.0. The predicted molar refractivity (Wildman–Crippen MR) is 75.1 cm³/mol. The van der Waals surface area contributed by atoms with Gasteiger partial charge in [0, 0.05) is 23.7 Å². The number of hydrogen-bond acceptors (Lipinski definition) is 2. The fourth-order valence-corrected chi connectivity index (χ4v) is 2.16. The van der Waals surface area contributed by atoms with Gasteiger partial charge < -0.3 is 5.73 Å². The summed E-state index contributed by atoms with van der Waals surface area (Å²) in [7, 11) is 0. The van der Waals surface area contributed by atoms with Gasteiger partial charge in [-0.25, -0.2) is 0 Å². The Morgan fingerprint density at radius 2 is 1.67 bits per heavy atom. The van der Waals surface area contributed by atoms with E-state index >= 15 is 0 Å². The van der Waals surface area contributed by atoms with Crippen LogP contribution in [0.15, 0.2) is 60.8 Å². The average molecular weight is 234 g/mol. The van der Waals surface area contributed by atoms with E-state index < -0.39 is 0 Å². The lowest BCUT2D eigenvalue weighted by molar-refractivity contribution is 1.07. The van der Waals surface area contributed by atoms with Gasteiger partial charge in [0.2, 0.25) is 0 Å². The van der Waals surface area contributed by atoms with Crippen molar-refractivity contribution in [2.45, 2.75) is 6.54 Å². The molecule has 0 aliphatic carbocycles. The van der Waals surface area contributed by atoms with Gasteiger partial charge in [-0.3, -0.25) is 4.98 Å². The fourth-order valence-electron chi connectivity index (χ4n) is 2.16. The summed E-state index contributed by atoms with van der Waals surface area (Å²) in [5.41, 5.74) is 10.1. The Balaban J connectivity index is 2.18. The minimum Gasteiger partial charge on any atom is -0.326 e. The molecule has 0 aliphatic rings. The first-order chi connectivity index (χ1) is 8.88. The smallest absolute Gasteiger partial charge is 0.0780 e. The van der Waals surface area contributed by atoms with E-state index in [0.717, 1.165) is 22.0 Å². The van der Waals surface area contributed by atoms with Crippen LogP contribution in [0.2, 0.25) is 0 Å². The molecule has 0 unspecified atom stereocenters. The van der Waals surface area contributed by atoms with Crippen molar-refractivity contribution < 1.29 is 0 Å². The normalized spacial score (nSPS) is 10.7. The van der Waals surface area contributed by atoms with Gasteiger partial charge in [-0.15, -0.1) is 0 Å². The van der Waals surface area contributed by atoms with Crippen LogP contribution in [-0.2, 0) is 6.54 Å². The SMILES string of the molecule is NCc1ccc(-c2cccc3cccnc23)cc1. The van der Waals surface area contributed by atoms with Crippen molar-refractivity contribution in [3.05, 3.63) is 66.4 Å². The molecule has 3 aromatic rings. The average Bonchev–Trinajstić information content (AvgIpc) is 2.47. The maximum absolute atomic E-state index is 5.62. The minimum atomic E-state index is 0.577. The van der Waals surface area contributed by atoms with E-state index in [1.165, 1.54) is 5.56 Å². The summed E-state index contributed by atoms with van der Waals surface area (Å²) in [5, 5.41) is 1.16. The van der Waals surface area contributed by atoms with Crippen molar-refractivity contribution in [3.63, 3.8) is 0 Å². The number of benzene rings is 2. The van der Waals surface area contributed by atoms with Gasteiger partial charge in [0.1, 0.15) is 0 Å². The number of hydrogen-bond donors (Lipinski definition) is 1. The summed E-state index contributed by atoms with van der Waals surface area (Å²) >= 11 is 0. The third-order valence-corrected chi connectivity index (χ3v) is 3.13. The standard InChI is InChI=1S/C16H14N2/c17-11-12-6-8-13(9-7-12)15-5-1-3-14-4-2-10-18-16(14)15/h1-10H,11,17H2. The first-order valence-electron chi connectivity index (χ1n) is 6.01. The molecule has 2 nitrogen and oxygen atoms in total. The van der Waals surface area contributed by atoms with Crippen LogP contribution in [-0.4, -0.2) is 4.98 Å². The van der Waals surface area contributed by atoms with Crippen molar-refractivity contribution in [2.24, 2.45) is 5.73 Å². The molecule has 18 heavy (non-hydrogen) atoms. The van der Waals surface area contributed by atoms with Gasteiger partial charge in [0.15, 0.2) is 0 Å². The van der Waals surface area contributed by atoms with Crippen LogP contribution in [0.3, 0.4) is 0 Å². The van der Waals surface area contributed by atoms with Crippen LogP contribution in [0.25, 0.3) is 22.0 Å². The van der Waals surface area contributed by atoms with Gasteiger partial charge in [-0.05, 0) is 17.2 Å². The molecule has 0 saturated carbocycles. The van der Waals surface area contributed by atoms with Crippen LogP contribution in [0, 0.1) is 0 Å². The molecule has 0 bridgehead atoms. The maximum atomic E-state index is 5.62. The molecule has 0 aliphatic heterocycles. The van der Waals surface area contributed by atoms with Crippen LogP contribution in [0.1, 0.15) is 5.56 Å². The number of nitrogens with zero attached hydrogens (tertiary/aromatic N) is 1. The molecule has 1 heterocycles. The summed E-state index contributed by atoms with van der Waals surface area (Å²) in [6.07, 6.45) is 1.83. The summed E-state index contributed by atoms with van der Waals surface area (Å²) in [6.45, 7) is 0.577. The van der Waals surface area contributed by atoms with E-state index in [1.54, 1.807) is 0 Å². The molecule has 2 heteroatoms. The van der Waals surface area contributed by atoms with E-state index in [4.69, 9.17) is 5.73 Å². The highest BCUT2D eigenvalue weighted by Gasteiger charge is 2.03. The molecule has 0 atom stereocenters. The van der Waals surface area contributed by atoms with Crippen LogP contribution in [0.4, 0.5) is 0 Å². The molecule has 1 aromatic heterocycles. The first-order valence-corrected chi connectivity index (χ1v) is 6.01. The number of fused-ring (bicyclic) bond motifs is 1. The van der Waals surface area contributed by atoms with E-state index in [-0.39, 0.29) is 0 Å². The maximum Gasteiger partial charge on any atom is 0.0780 e. The number of pyridine rings is 1. The second-order valence-electron chi connectivity index (χ2n) is 4.28. The monoisotopic (exact) mass is 234 g/mol. The lowest BCUT2D eigenvalue weighted by Gasteiger charge is -2.06. The van der Waals surface area contributed by atoms with Crippen molar-refractivity contribution in [3.8, 4) is 11.1 Å². The van der Waals surface area contributed by atoms with E-state index in [0.29, 0.717) is 6.54 Å². The molecule has 0 fully saturated rings. The zero-order valence-corrected chi connectivity index (χ0v) is 10.0. The quantitative estimate of drug-likeness (QED) is 0.738. The van der Waals surface area contributed by atoms with Crippen molar-refractivity contribution in [1.82, 2.24) is 4.98 Å². The van der Waals surface area contributed by atoms with Gasteiger partial charge in [-0.2, -0.15) is 0 Å². The van der Waals surface area contributed by atoms with Gasteiger partial charge in [-0.1, -0.05) is 48.5 Å². The number of aromatic nitrogens is 1. The highest BCUT2D eigenvalue weighted by Crippen LogP contribution is 2.26. The fraction of sp³-hybridized carbons (Fsp3) is 0.0625. The second-order valence-corrected chi connectivity index (χ2v) is 4.28. The van der Waals surface area contributed by atoms with Gasteiger partial charge in [0.25, 0.3) is 0 Å². The Morgan fingerprint density at radius 3 is 2.44 bits per heavy atom. The summed E-state index contributed by atoms with van der Waals surface area (Å²) in [6, 6.07) is 18.6. The van der Waals surface area contributed by atoms with Gasteiger partial charge in [0.05, 0.1) is 5.52 Å². The molecule has 2 N–H and O–H groups in total.